The van der Waals surface area contributed by atoms with Gasteiger partial charge in [0.05, 0.1) is 13.2 Å². The van der Waals surface area contributed by atoms with E-state index in [0.717, 1.165) is 32.1 Å². The first-order valence-electron chi connectivity index (χ1n) is 7.20. The molecule has 0 saturated heterocycles. The summed E-state index contributed by atoms with van der Waals surface area (Å²) in [5.74, 6) is 0.391. The van der Waals surface area contributed by atoms with Crippen molar-refractivity contribution >= 4 is 13.7 Å². The van der Waals surface area contributed by atoms with Crippen molar-refractivity contribution in [3.63, 3.8) is 0 Å². The van der Waals surface area contributed by atoms with Crippen molar-refractivity contribution < 1.29 is 23.5 Å². The molecule has 0 aliphatic carbocycles. The molecular formula is C13H28NO5P. The first-order valence-corrected chi connectivity index (χ1v) is 9.23. The second kappa shape index (κ2) is 11.1. The summed E-state index contributed by atoms with van der Waals surface area (Å²) in [7, 11) is -3.33. The summed E-state index contributed by atoms with van der Waals surface area (Å²) in [6, 6.07) is 0. The highest BCUT2D eigenvalue weighted by Crippen LogP contribution is 2.36. The van der Waals surface area contributed by atoms with E-state index >= 15 is 0 Å². The van der Waals surface area contributed by atoms with Crippen molar-refractivity contribution in [2.45, 2.75) is 46.0 Å². The molecule has 0 saturated carbocycles. The van der Waals surface area contributed by atoms with Crippen molar-refractivity contribution in [3.8, 4) is 0 Å². The molecule has 20 heavy (non-hydrogen) atoms. The molecule has 6 nitrogen and oxygen atoms in total. The van der Waals surface area contributed by atoms with Crippen LogP contribution in [0.5, 0.6) is 0 Å². The van der Waals surface area contributed by atoms with Gasteiger partial charge in [-0.25, -0.2) is 4.79 Å². The summed E-state index contributed by atoms with van der Waals surface area (Å²) in [5, 5.41) is 2.70. The van der Waals surface area contributed by atoms with Crippen molar-refractivity contribution in [2.75, 3.05) is 26.4 Å². The molecule has 0 rings (SSSR count). The zero-order valence-corrected chi connectivity index (χ0v) is 13.7. The Balaban J connectivity index is 3.31. The van der Waals surface area contributed by atoms with Gasteiger partial charge in [0.25, 0.3) is 0 Å². The maximum absolute atomic E-state index is 11.3. The molecule has 2 N–H and O–H groups in total. The van der Waals surface area contributed by atoms with Gasteiger partial charge in [-0.05, 0) is 18.8 Å². The molecule has 0 spiro atoms. The van der Waals surface area contributed by atoms with Crippen LogP contribution >= 0.6 is 7.60 Å². The summed E-state index contributed by atoms with van der Waals surface area (Å²) in [5.41, 5.74) is 0. The first-order chi connectivity index (χ1) is 9.35. The Hall–Kier alpha value is -0.580. The molecule has 120 valence electrons. The molecule has 0 radical (unpaired) electrons. The molecule has 0 fully saturated rings. The maximum atomic E-state index is 11.3. The number of carbonyl (C=O) groups is 1. The van der Waals surface area contributed by atoms with Gasteiger partial charge in [-0.3, -0.25) is 4.57 Å². The fourth-order valence-electron chi connectivity index (χ4n) is 1.39. The van der Waals surface area contributed by atoms with E-state index in [2.05, 4.69) is 12.2 Å². The predicted octanol–water partition coefficient (Wildman–Crippen LogP) is 3.15. The van der Waals surface area contributed by atoms with E-state index in [9.17, 15) is 9.36 Å². The van der Waals surface area contributed by atoms with Gasteiger partial charge < -0.3 is 19.5 Å². The zero-order valence-electron chi connectivity index (χ0n) is 12.8. The fraction of sp³-hybridized carbons (Fsp3) is 0.923. The van der Waals surface area contributed by atoms with Crippen LogP contribution in [0.3, 0.4) is 0 Å². The van der Waals surface area contributed by atoms with Crippen molar-refractivity contribution in [3.05, 3.63) is 0 Å². The average molecular weight is 309 g/mol. The van der Waals surface area contributed by atoms with Gasteiger partial charge in [-0.15, -0.1) is 0 Å². The number of hydrogen-bond donors (Lipinski definition) is 2. The van der Waals surface area contributed by atoms with E-state index in [-0.39, 0.29) is 6.09 Å². The van der Waals surface area contributed by atoms with Crippen LogP contribution in [0.15, 0.2) is 0 Å². The van der Waals surface area contributed by atoms with Gasteiger partial charge in [0.15, 0.2) is 0 Å². The summed E-state index contributed by atoms with van der Waals surface area (Å²) >= 11 is 0. The Morgan fingerprint density at radius 3 is 2.55 bits per heavy atom. The smallest absolute Gasteiger partial charge is 0.407 e. The second-order valence-corrected chi connectivity index (χ2v) is 6.95. The number of rotatable bonds is 11. The highest BCUT2D eigenvalue weighted by Gasteiger charge is 2.08. The van der Waals surface area contributed by atoms with Crippen LogP contribution < -0.4 is 5.32 Å². The molecule has 0 aliphatic heterocycles. The lowest BCUT2D eigenvalue weighted by Gasteiger charge is -2.10. The van der Waals surface area contributed by atoms with Crippen molar-refractivity contribution in [2.24, 2.45) is 5.92 Å². The summed E-state index contributed by atoms with van der Waals surface area (Å²) < 4.78 is 20.6. The van der Waals surface area contributed by atoms with E-state index < -0.39 is 7.60 Å². The molecule has 0 heterocycles. The molecule has 0 aromatic heterocycles. The second-order valence-electron chi connectivity index (χ2n) is 5.09. The highest BCUT2D eigenvalue weighted by molar-refractivity contribution is 7.51. The SMILES string of the molecule is CCC(C)COC(=O)NCCCCCCOP(C)(=O)O. The minimum Gasteiger partial charge on any atom is -0.449 e. The van der Waals surface area contributed by atoms with Crippen LogP contribution in [0.4, 0.5) is 4.79 Å². The molecule has 0 aromatic rings. The van der Waals surface area contributed by atoms with E-state index in [1.807, 2.05) is 6.92 Å². The third kappa shape index (κ3) is 13.8. The normalized spacial score (nSPS) is 15.4. The quantitative estimate of drug-likeness (QED) is 0.452. The number of unbranched alkanes of at least 4 members (excludes halogenated alkanes) is 3. The zero-order chi connectivity index (χ0) is 15.4. The minimum absolute atomic E-state index is 0.300. The molecular weight excluding hydrogens is 281 g/mol. The van der Waals surface area contributed by atoms with E-state index in [1.54, 1.807) is 0 Å². The molecule has 0 aromatic carbocycles. The van der Waals surface area contributed by atoms with Gasteiger partial charge in [0, 0.05) is 13.2 Å². The molecule has 0 bridgehead atoms. The van der Waals surface area contributed by atoms with Crippen molar-refractivity contribution in [1.82, 2.24) is 5.32 Å². The van der Waals surface area contributed by atoms with Crippen molar-refractivity contribution in [1.29, 1.82) is 0 Å². The van der Waals surface area contributed by atoms with Gasteiger partial charge in [-0.1, -0.05) is 33.1 Å². The number of carbonyl (C=O) groups excluding carboxylic acids is 1. The number of amides is 1. The van der Waals surface area contributed by atoms with E-state index in [1.165, 1.54) is 6.66 Å². The molecule has 0 aliphatic rings. The van der Waals surface area contributed by atoms with Crippen LogP contribution in [-0.4, -0.2) is 37.4 Å². The Kier molecular flexibility index (Phi) is 10.8. The lowest BCUT2D eigenvalue weighted by atomic mass is 10.1. The third-order valence-electron chi connectivity index (χ3n) is 2.87. The maximum Gasteiger partial charge on any atom is 0.407 e. The summed E-state index contributed by atoms with van der Waals surface area (Å²) in [6.45, 7) is 6.63. The molecule has 2 atom stereocenters. The predicted molar refractivity (Wildman–Crippen MR) is 79.0 cm³/mol. The van der Waals surface area contributed by atoms with Crippen LogP contribution in [-0.2, 0) is 13.8 Å². The first kappa shape index (κ1) is 19.4. The number of hydrogen-bond acceptors (Lipinski definition) is 4. The van der Waals surface area contributed by atoms with Crippen LogP contribution in [0.25, 0.3) is 0 Å². The Labute approximate surface area is 121 Å². The highest BCUT2D eigenvalue weighted by atomic mass is 31.2. The van der Waals surface area contributed by atoms with Gasteiger partial charge >= 0.3 is 13.7 Å². The van der Waals surface area contributed by atoms with Crippen LogP contribution in [0.2, 0.25) is 0 Å². The number of alkyl carbamates (subject to hydrolysis) is 1. The fourth-order valence-corrected chi connectivity index (χ4v) is 1.86. The standard InChI is InChI=1S/C13H28NO5P/c1-4-12(2)11-18-13(15)14-9-7-5-6-8-10-19-20(3,16)17/h12H,4-11H2,1-3H3,(H,14,15)(H,16,17). The Bertz CT molecular complexity index is 305. The lowest BCUT2D eigenvalue weighted by molar-refractivity contribution is 0.129. The van der Waals surface area contributed by atoms with Gasteiger partial charge in [-0.2, -0.15) is 0 Å². The van der Waals surface area contributed by atoms with Crippen LogP contribution in [0, 0.1) is 5.92 Å². The Morgan fingerprint density at radius 1 is 1.30 bits per heavy atom. The van der Waals surface area contributed by atoms with Gasteiger partial charge in [0.2, 0.25) is 0 Å². The van der Waals surface area contributed by atoms with Crippen LogP contribution in [0.1, 0.15) is 46.0 Å². The molecule has 7 heteroatoms. The average Bonchev–Trinajstić information content (AvgIpc) is 2.37. The Morgan fingerprint density at radius 2 is 1.95 bits per heavy atom. The molecule has 2 unspecified atom stereocenters. The topological polar surface area (TPSA) is 84.9 Å². The number of ether oxygens (including phenoxy) is 1. The minimum atomic E-state index is -3.33. The van der Waals surface area contributed by atoms with E-state index in [4.69, 9.17) is 14.2 Å². The monoisotopic (exact) mass is 309 g/mol. The largest absolute Gasteiger partial charge is 0.449 e. The van der Waals surface area contributed by atoms with E-state index in [0.29, 0.717) is 25.7 Å². The summed E-state index contributed by atoms with van der Waals surface area (Å²) in [4.78, 5) is 20.2. The van der Waals surface area contributed by atoms with Gasteiger partial charge in [0.1, 0.15) is 0 Å². The third-order valence-corrected chi connectivity index (χ3v) is 3.53. The lowest BCUT2D eigenvalue weighted by Crippen LogP contribution is -2.26. The summed E-state index contributed by atoms with van der Waals surface area (Å²) in [6.07, 6.45) is 4.09. The number of nitrogens with one attached hydrogen (secondary N) is 1. The molecule has 1 amide bonds.